The van der Waals surface area contributed by atoms with Crippen molar-refractivity contribution in [2.24, 2.45) is 11.8 Å². The normalized spacial score (nSPS) is 20.2. The zero-order chi connectivity index (χ0) is 53.1. The Morgan fingerprint density at radius 1 is 0.597 bits per heavy atom. The Labute approximate surface area is 427 Å². The summed E-state index contributed by atoms with van der Waals surface area (Å²) in [6.07, 6.45) is 0.0811. The Kier molecular flexibility index (Phi) is 19.7. The van der Waals surface area contributed by atoms with E-state index in [1.165, 1.54) is 39.5 Å². The van der Waals surface area contributed by atoms with E-state index in [1.54, 1.807) is 48.6 Å². The van der Waals surface area contributed by atoms with Crippen LogP contribution in [-0.2, 0) is 28.8 Å². The van der Waals surface area contributed by atoms with Gasteiger partial charge >= 0.3 is 0 Å². The maximum Gasteiger partial charge on any atom is 0.251 e. The summed E-state index contributed by atoms with van der Waals surface area (Å²) in [6, 6.07) is 15.1. The zero-order valence-corrected chi connectivity index (χ0v) is 43.6. The van der Waals surface area contributed by atoms with Crippen molar-refractivity contribution in [3.8, 4) is 0 Å². The summed E-state index contributed by atoms with van der Waals surface area (Å²) in [7, 11) is 3.15. The molecule has 0 spiro atoms. The number of nitrogens with one attached hydrogen (secondary N) is 7. The van der Waals surface area contributed by atoms with Crippen molar-refractivity contribution in [2.45, 2.75) is 129 Å². The highest BCUT2D eigenvalue weighted by Gasteiger charge is 2.45. The van der Waals surface area contributed by atoms with Crippen molar-refractivity contribution in [3.05, 3.63) is 101 Å². The lowest BCUT2D eigenvalue weighted by Crippen LogP contribution is -2.57. The van der Waals surface area contributed by atoms with Crippen LogP contribution in [0.1, 0.15) is 112 Å². The molecule has 5 rings (SSSR count). The van der Waals surface area contributed by atoms with E-state index >= 15 is 0 Å². The number of carbonyl (C=O) groups excluding carboxylic acids is 8. The van der Waals surface area contributed by atoms with Gasteiger partial charge in [-0.1, -0.05) is 88.4 Å². The number of hydrogen-bond acceptors (Lipinski definition) is 11. The van der Waals surface area contributed by atoms with E-state index in [1.807, 2.05) is 74.5 Å². The lowest BCUT2D eigenvalue weighted by atomic mass is 10.0. The van der Waals surface area contributed by atoms with Gasteiger partial charge in [0.1, 0.15) is 30.2 Å². The van der Waals surface area contributed by atoms with Crippen LogP contribution in [0.4, 0.5) is 5.69 Å². The molecule has 0 unspecified atom stereocenters. The number of halogens is 1. The third kappa shape index (κ3) is 14.3. The molecular formula is C52H72ClN11O8. The number of amides is 8. The van der Waals surface area contributed by atoms with Gasteiger partial charge in [0.2, 0.25) is 35.4 Å². The number of likely N-dealkylation sites (tertiary alicyclic amines) is 2. The molecule has 0 saturated carbocycles. The Bertz CT molecular complexity index is 2430. The van der Waals surface area contributed by atoms with Crippen LogP contribution in [0.5, 0.6) is 0 Å². The van der Waals surface area contributed by atoms with Crippen LogP contribution in [0.3, 0.4) is 0 Å². The smallest absolute Gasteiger partial charge is 0.251 e. The fourth-order valence-corrected chi connectivity index (χ4v) is 8.90. The van der Waals surface area contributed by atoms with Crippen molar-refractivity contribution >= 4 is 64.7 Å². The monoisotopic (exact) mass is 1010 g/mol. The lowest BCUT2D eigenvalue weighted by molar-refractivity contribution is -0.143. The third-order valence-corrected chi connectivity index (χ3v) is 13.7. The molecule has 72 heavy (non-hydrogen) atoms. The molecule has 2 aliphatic rings. The molecule has 3 aromatic carbocycles. The van der Waals surface area contributed by atoms with Crippen LogP contribution < -0.4 is 43.0 Å². The summed E-state index contributed by atoms with van der Waals surface area (Å²) in [5.41, 5.74) is 8.15. The maximum atomic E-state index is 14.4. The highest BCUT2D eigenvalue weighted by atomic mass is 35.5. The summed E-state index contributed by atoms with van der Waals surface area (Å²) >= 11 is 6.07. The summed E-state index contributed by atoms with van der Waals surface area (Å²) < 4.78 is 1.20. The predicted molar refractivity (Wildman–Crippen MR) is 275 cm³/mol. The number of benzene rings is 3. The maximum absolute atomic E-state index is 14.4. The second-order valence-electron chi connectivity index (χ2n) is 19.6. The van der Waals surface area contributed by atoms with Crippen LogP contribution in [0.15, 0.2) is 78.9 Å². The van der Waals surface area contributed by atoms with Crippen LogP contribution in [0.2, 0.25) is 0 Å². The molecule has 20 heteroatoms. The number of rotatable bonds is 20. The molecule has 2 heterocycles. The van der Waals surface area contributed by atoms with Crippen LogP contribution >= 0.6 is 11.8 Å². The molecule has 390 valence electrons. The van der Waals surface area contributed by atoms with Crippen molar-refractivity contribution in [3.63, 3.8) is 0 Å². The van der Waals surface area contributed by atoms with E-state index in [9.17, 15) is 38.4 Å². The minimum Gasteiger partial charge on any atom is -0.399 e. The lowest BCUT2D eigenvalue weighted by Gasteiger charge is -2.32. The first-order chi connectivity index (χ1) is 34.0. The Hall–Kier alpha value is -6.57. The second-order valence-corrected chi connectivity index (χ2v) is 20.2. The molecule has 3 aromatic rings. The molecule has 0 radical (unpaired) electrons. The van der Waals surface area contributed by atoms with E-state index in [0.717, 1.165) is 11.1 Å². The Morgan fingerprint density at radius 3 is 1.35 bits per heavy atom. The fraction of sp³-hybridized carbons (Fsp3) is 0.500. The molecule has 19 nitrogen and oxygen atoms in total. The van der Waals surface area contributed by atoms with Crippen molar-refractivity contribution in [1.29, 1.82) is 0 Å². The first kappa shape index (κ1) is 56.3. The van der Waals surface area contributed by atoms with Crippen molar-refractivity contribution < 1.29 is 38.4 Å². The minimum atomic E-state index is -1.03. The molecule has 2 aliphatic heterocycles. The van der Waals surface area contributed by atoms with Gasteiger partial charge in [-0.2, -0.15) is 0 Å². The number of anilines is 1. The van der Waals surface area contributed by atoms with Crippen LogP contribution in [0, 0.1) is 11.8 Å². The Morgan fingerprint density at radius 2 is 0.986 bits per heavy atom. The first-order valence-electron chi connectivity index (χ1n) is 24.5. The largest absolute Gasteiger partial charge is 0.399 e. The molecule has 0 aliphatic carbocycles. The van der Waals surface area contributed by atoms with Gasteiger partial charge in [-0.25, -0.2) is 4.42 Å². The van der Waals surface area contributed by atoms with Crippen molar-refractivity contribution in [2.75, 3.05) is 32.9 Å². The minimum absolute atomic E-state index is 0.0248. The van der Waals surface area contributed by atoms with Gasteiger partial charge in [-0.05, 0) is 101 Å². The average molecular weight is 1010 g/mol. The van der Waals surface area contributed by atoms with E-state index in [4.69, 9.17) is 17.5 Å². The van der Waals surface area contributed by atoms with E-state index in [0.29, 0.717) is 0 Å². The SMILES string of the molecule is CN[C@@H](C)C(=O)N[C@H](C(=O)N1C[C@@H](NC(=O)c2cc(N)cc(C(=O)N[C@H]3C[C@@H](C(=O)N[C@H](C)c4ccccc4)N(C(=O)[C@@H](NC(=O)[C@H](C)N(C)Cl)C(C)C)C3)c2)C[C@H]1C(=O)N[C@H](C)c1ccccc1)C(C)C. The van der Waals surface area contributed by atoms with Gasteiger partial charge in [0, 0.05) is 49.0 Å². The second kappa shape index (κ2) is 25.2. The van der Waals surface area contributed by atoms with Crippen LogP contribution in [-0.4, -0.2) is 137 Å². The quantitative estimate of drug-likeness (QED) is 0.0604. The molecule has 0 bridgehead atoms. The number of nitrogen functional groups attached to an aromatic ring is 1. The van der Waals surface area contributed by atoms with E-state index < -0.39 is 108 Å². The van der Waals surface area contributed by atoms with Gasteiger partial charge in [-0.15, -0.1) is 0 Å². The number of likely N-dealkylation sites (N-methyl/N-ethyl adjacent to an activating group) is 2. The number of carbonyl (C=O) groups is 8. The zero-order valence-electron chi connectivity index (χ0n) is 42.8. The third-order valence-electron chi connectivity index (χ3n) is 13.4. The summed E-state index contributed by atoms with van der Waals surface area (Å²) in [5, 5.41) is 20.4. The van der Waals surface area contributed by atoms with Gasteiger partial charge in [-0.3, -0.25) is 38.4 Å². The van der Waals surface area contributed by atoms with Gasteiger partial charge < -0.3 is 52.8 Å². The molecule has 2 saturated heterocycles. The van der Waals surface area contributed by atoms with Gasteiger partial charge in [0.05, 0.1) is 18.1 Å². The highest BCUT2D eigenvalue weighted by molar-refractivity contribution is 6.14. The summed E-state index contributed by atoms with van der Waals surface area (Å²) in [6.45, 7) is 13.9. The topological polar surface area (TPSA) is 257 Å². The number of nitrogens with zero attached hydrogens (tertiary/aromatic N) is 3. The number of hydrogen-bond donors (Lipinski definition) is 8. The molecule has 9 N–H and O–H groups in total. The van der Waals surface area contributed by atoms with Crippen LogP contribution in [0.25, 0.3) is 0 Å². The Balaban J connectivity index is 1.35. The fourth-order valence-electron chi connectivity index (χ4n) is 8.82. The number of nitrogens with two attached hydrogens (primary N) is 1. The van der Waals surface area contributed by atoms with E-state index in [-0.39, 0.29) is 54.6 Å². The highest BCUT2D eigenvalue weighted by Crippen LogP contribution is 2.26. The molecule has 10 atom stereocenters. The van der Waals surface area contributed by atoms with E-state index in [2.05, 4.69) is 37.2 Å². The summed E-state index contributed by atoms with van der Waals surface area (Å²) in [5.74, 6) is -4.74. The van der Waals surface area contributed by atoms with Crippen molar-refractivity contribution in [1.82, 2.24) is 51.4 Å². The molecule has 2 fully saturated rings. The molecule has 8 amide bonds. The first-order valence-corrected chi connectivity index (χ1v) is 24.8. The molecule has 0 aromatic heterocycles. The standard InChI is InChI=1S/C52H72ClN11O8/c1-28(2)43(60-45(65)32(7)55-9)51(71)63-26-39(24-41(63)49(69)56-30(5)34-17-13-11-14-18-34)58-47(67)36-21-37(23-38(54)22-36)48(68)59-40-25-42(50(70)57-31(6)35-19-15-12-16-20-35)64(27-40)52(72)44(29(3)4)61-46(66)33(8)62(10)53/h11-23,28-33,39-44,55H,24-27,54H2,1-10H3,(H,56,69)(H,57,70)(H,58,67)(H,59,68)(H,60,65)(H,61,66)/t30-,31-,32+,33+,39+,40+,41+,42+,43+,44+/m1/s1. The predicted octanol–water partition coefficient (Wildman–Crippen LogP) is 2.79. The van der Waals surface area contributed by atoms with Gasteiger partial charge in [0.15, 0.2) is 0 Å². The molecular weight excluding hydrogens is 942 g/mol. The van der Waals surface area contributed by atoms with Gasteiger partial charge in [0.25, 0.3) is 11.8 Å². The average Bonchev–Trinajstić information content (AvgIpc) is 3.98. The summed E-state index contributed by atoms with van der Waals surface area (Å²) in [4.78, 5) is 114.